The highest BCUT2D eigenvalue weighted by Crippen LogP contribution is 2.21. The molecule has 0 heterocycles. The molecular weight excluding hydrogens is 250 g/mol. The molecule has 0 saturated heterocycles. The number of likely N-dealkylation sites (N-methyl/N-ethyl adjacent to an activating group) is 1. The second-order valence-electron chi connectivity index (χ2n) is 4.47. The summed E-state index contributed by atoms with van der Waals surface area (Å²) in [7, 11) is 1.89. The summed E-state index contributed by atoms with van der Waals surface area (Å²) in [4.78, 5) is 12.4. The van der Waals surface area contributed by atoms with Crippen LogP contribution < -0.4 is 0 Å². The van der Waals surface area contributed by atoms with Gasteiger partial charge in [-0.15, -0.1) is 11.6 Å². The van der Waals surface area contributed by atoms with E-state index in [4.69, 9.17) is 16.7 Å². The van der Waals surface area contributed by atoms with Crippen LogP contribution in [0.1, 0.15) is 29.8 Å². The van der Waals surface area contributed by atoms with Gasteiger partial charge in [0, 0.05) is 13.1 Å². The summed E-state index contributed by atoms with van der Waals surface area (Å²) in [5.74, 6) is -0.778. The monoisotopic (exact) mass is 269 g/mol. The third kappa shape index (κ3) is 5.07. The number of halogens is 1. The maximum atomic E-state index is 10.5. The number of carboxylic acids is 1. The van der Waals surface area contributed by atoms with Crippen LogP contribution in [0.5, 0.6) is 0 Å². The minimum Gasteiger partial charge on any atom is -0.481 e. The third-order valence-corrected chi connectivity index (χ3v) is 3.32. The van der Waals surface area contributed by atoms with Gasteiger partial charge < -0.3 is 10.0 Å². The molecule has 1 atom stereocenters. The second-order valence-corrected chi connectivity index (χ2v) is 5.00. The molecule has 4 heteroatoms. The Morgan fingerprint density at radius 1 is 1.39 bits per heavy atom. The van der Waals surface area contributed by atoms with E-state index in [1.54, 1.807) is 0 Å². The molecule has 0 aliphatic carbocycles. The fraction of sp³-hybridized carbons (Fsp3) is 0.500. The molecule has 1 N–H and O–H groups in total. The van der Waals surface area contributed by atoms with Crippen molar-refractivity contribution in [3.63, 3.8) is 0 Å². The first-order chi connectivity index (χ1) is 8.52. The van der Waals surface area contributed by atoms with Crippen LogP contribution in [0.2, 0.25) is 0 Å². The zero-order chi connectivity index (χ0) is 13.5. The summed E-state index contributed by atoms with van der Waals surface area (Å²) in [5, 5.41) is 8.51. The second kappa shape index (κ2) is 7.39. The van der Waals surface area contributed by atoms with Gasteiger partial charge in [-0.2, -0.15) is 0 Å². The minimum atomic E-state index is -0.778. The zero-order valence-corrected chi connectivity index (χ0v) is 11.7. The molecule has 18 heavy (non-hydrogen) atoms. The number of alkyl halides is 1. The van der Waals surface area contributed by atoms with Crippen LogP contribution in [0.15, 0.2) is 24.3 Å². The summed E-state index contributed by atoms with van der Waals surface area (Å²) >= 11 is 6.32. The Balaban J connectivity index is 2.47. The van der Waals surface area contributed by atoms with Gasteiger partial charge in [-0.1, -0.05) is 31.2 Å². The van der Waals surface area contributed by atoms with Crippen LogP contribution in [-0.2, 0) is 11.2 Å². The average molecular weight is 270 g/mol. The number of aliphatic carboxylic acids is 1. The topological polar surface area (TPSA) is 40.5 Å². The molecule has 1 aromatic rings. The number of benzene rings is 1. The number of hydrogen-bond donors (Lipinski definition) is 1. The van der Waals surface area contributed by atoms with Crippen molar-refractivity contribution in [3.05, 3.63) is 35.4 Å². The van der Waals surface area contributed by atoms with Crippen molar-refractivity contribution in [2.45, 2.75) is 25.1 Å². The van der Waals surface area contributed by atoms with Gasteiger partial charge in [0.2, 0.25) is 0 Å². The lowest BCUT2D eigenvalue weighted by Gasteiger charge is -2.19. The summed E-state index contributed by atoms with van der Waals surface area (Å²) in [5.41, 5.74) is 2.37. The number of rotatable bonds is 7. The van der Waals surface area contributed by atoms with Crippen molar-refractivity contribution in [1.82, 2.24) is 4.90 Å². The van der Waals surface area contributed by atoms with Crippen molar-refractivity contribution in [3.8, 4) is 0 Å². The van der Waals surface area contributed by atoms with Crippen molar-refractivity contribution in [2.75, 3.05) is 20.1 Å². The zero-order valence-electron chi connectivity index (χ0n) is 10.9. The molecule has 0 bridgehead atoms. The lowest BCUT2D eigenvalue weighted by atomic mass is 10.1. The van der Waals surface area contributed by atoms with Gasteiger partial charge in [-0.3, -0.25) is 4.79 Å². The van der Waals surface area contributed by atoms with Gasteiger partial charge in [0.05, 0.1) is 11.8 Å². The number of carboxylic acid groups (broad SMARTS) is 1. The predicted molar refractivity (Wildman–Crippen MR) is 74.2 cm³/mol. The summed E-state index contributed by atoms with van der Waals surface area (Å²) in [6, 6.07) is 8.26. The van der Waals surface area contributed by atoms with Gasteiger partial charge in [0.1, 0.15) is 0 Å². The number of carbonyl (C=O) groups is 1. The first kappa shape index (κ1) is 15.0. The van der Waals surface area contributed by atoms with Crippen LogP contribution in [0.25, 0.3) is 0 Å². The Labute approximate surface area is 113 Å². The predicted octanol–water partition coefficient (Wildman–Crippen LogP) is 2.94. The van der Waals surface area contributed by atoms with E-state index < -0.39 is 5.97 Å². The van der Waals surface area contributed by atoms with Crippen molar-refractivity contribution < 1.29 is 9.90 Å². The normalized spacial score (nSPS) is 12.7. The van der Waals surface area contributed by atoms with E-state index in [-0.39, 0.29) is 11.8 Å². The Hall–Kier alpha value is -1.06. The van der Waals surface area contributed by atoms with Crippen LogP contribution in [0.3, 0.4) is 0 Å². The molecule has 100 valence electrons. The average Bonchev–Trinajstić information content (AvgIpc) is 2.36. The van der Waals surface area contributed by atoms with Gasteiger partial charge in [0.15, 0.2) is 0 Å². The molecule has 3 nitrogen and oxygen atoms in total. The standard InChI is InChI=1S/C14H20ClNO2/c1-3-11-4-6-12(7-5-11)13(15)10-16(2)9-8-14(17)18/h4-7,13H,3,8-10H2,1-2H3,(H,17,18). The van der Waals surface area contributed by atoms with Gasteiger partial charge in [-0.05, 0) is 24.6 Å². The maximum absolute atomic E-state index is 10.5. The fourth-order valence-electron chi connectivity index (χ4n) is 1.72. The Morgan fingerprint density at radius 2 is 2.00 bits per heavy atom. The highest BCUT2D eigenvalue weighted by atomic mass is 35.5. The molecule has 0 aromatic heterocycles. The maximum Gasteiger partial charge on any atom is 0.304 e. The molecule has 0 fully saturated rings. The molecular formula is C14H20ClNO2. The van der Waals surface area contributed by atoms with Crippen LogP contribution in [0, 0.1) is 0 Å². The largest absolute Gasteiger partial charge is 0.481 e. The van der Waals surface area contributed by atoms with E-state index in [0.29, 0.717) is 13.1 Å². The van der Waals surface area contributed by atoms with Gasteiger partial charge in [-0.25, -0.2) is 0 Å². The lowest BCUT2D eigenvalue weighted by Crippen LogP contribution is -2.25. The highest BCUT2D eigenvalue weighted by Gasteiger charge is 2.11. The van der Waals surface area contributed by atoms with E-state index in [2.05, 4.69) is 19.1 Å². The van der Waals surface area contributed by atoms with E-state index in [9.17, 15) is 4.79 Å². The quantitative estimate of drug-likeness (QED) is 0.774. The highest BCUT2D eigenvalue weighted by molar-refractivity contribution is 6.21. The number of nitrogens with zero attached hydrogens (tertiary/aromatic N) is 1. The molecule has 1 aromatic carbocycles. The molecule has 1 rings (SSSR count). The minimum absolute atomic E-state index is 0.102. The van der Waals surface area contributed by atoms with Gasteiger partial charge in [0.25, 0.3) is 0 Å². The summed E-state index contributed by atoms with van der Waals surface area (Å²) in [6.07, 6.45) is 1.17. The first-order valence-corrected chi connectivity index (χ1v) is 6.59. The van der Waals surface area contributed by atoms with Crippen molar-refractivity contribution in [2.24, 2.45) is 0 Å². The summed E-state index contributed by atoms with van der Waals surface area (Å²) in [6.45, 7) is 3.29. The lowest BCUT2D eigenvalue weighted by molar-refractivity contribution is -0.137. The van der Waals surface area contributed by atoms with E-state index >= 15 is 0 Å². The summed E-state index contributed by atoms with van der Waals surface area (Å²) < 4.78 is 0. The molecule has 0 spiro atoms. The number of aryl methyl sites for hydroxylation is 1. The Bertz CT molecular complexity index is 378. The molecule has 1 unspecified atom stereocenters. The smallest absolute Gasteiger partial charge is 0.304 e. The first-order valence-electron chi connectivity index (χ1n) is 6.16. The van der Waals surface area contributed by atoms with E-state index in [1.165, 1.54) is 5.56 Å². The third-order valence-electron chi connectivity index (χ3n) is 2.93. The Morgan fingerprint density at radius 3 is 2.50 bits per heavy atom. The molecule has 0 amide bonds. The van der Waals surface area contributed by atoms with Crippen molar-refractivity contribution >= 4 is 17.6 Å². The van der Waals surface area contributed by atoms with E-state index in [0.717, 1.165) is 12.0 Å². The number of hydrogen-bond acceptors (Lipinski definition) is 2. The van der Waals surface area contributed by atoms with Crippen LogP contribution in [0.4, 0.5) is 0 Å². The van der Waals surface area contributed by atoms with Gasteiger partial charge >= 0.3 is 5.97 Å². The molecule has 0 radical (unpaired) electrons. The molecule has 0 saturated carbocycles. The van der Waals surface area contributed by atoms with Crippen LogP contribution in [-0.4, -0.2) is 36.1 Å². The van der Waals surface area contributed by atoms with Crippen molar-refractivity contribution in [1.29, 1.82) is 0 Å². The Kier molecular flexibility index (Phi) is 6.16. The van der Waals surface area contributed by atoms with Crippen LogP contribution >= 0.6 is 11.6 Å². The molecule has 0 aliphatic heterocycles. The van der Waals surface area contributed by atoms with E-state index in [1.807, 2.05) is 24.1 Å². The molecule has 0 aliphatic rings. The SMILES string of the molecule is CCc1ccc(C(Cl)CN(C)CCC(=O)O)cc1. The fourth-order valence-corrected chi connectivity index (χ4v) is 2.10.